The highest BCUT2D eigenvalue weighted by Crippen LogP contribution is 2.28. The van der Waals surface area contributed by atoms with E-state index < -0.39 is 0 Å². The molecule has 0 aromatic rings. The lowest BCUT2D eigenvalue weighted by molar-refractivity contribution is -0.919. The third-order valence-corrected chi connectivity index (χ3v) is 9.65. The number of nitrogens with one attached hydrogen (secondary N) is 3. The number of nitrogens with zero attached hydrogens (tertiary/aromatic N) is 1. The SMILES string of the molecule is CC1CCC(C[NH+]2CCC[C@H]2C2NC(C3CC[NH2+]C(N4CCC(C(N)=O)CC4)C3)NO2)CC1. The number of hydrogen-bond donors (Lipinski definition) is 5. The van der Waals surface area contributed by atoms with Gasteiger partial charge < -0.3 is 16.0 Å². The molecule has 5 unspecified atom stereocenters. The lowest BCUT2D eigenvalue weighted by Crippen LogP contribution is -3.15. The Kier molecular flexibility index (Phi) is 7.89. The third kappa shape index (κ3) is 5.73. The Balaban J connectivity index is 1.10. The van der Waals surface area contributed by atoms with Crippen LogP contribution in [0.5, 0.6) is 0 Å². The van der Waals surface area contributed by atoms with Crippen LogP contribution in [0, 0.1) is 23.7 Å². The van der Waals surface area contributed by atoms with Crippen molar-refractivity contribution in [2.75, 3.05) is 32.7 Å². The number of hydroxylamine groups is 1. The van der Waals surface area contributed by atoms with E-state index in [2.05, 4.69) is 27.9 Å². The van der Waals surface area contributed by atoms with Gasteiger partial charge in [0.25, 0.3) is 0 Å². The number of likely N-dealkylation sites (tertiary alicyclic amines) is 2. The predicted molar refractivity (Wildman–Crippen MR) is 127 cm³/mol. The Morgan fingerprint density at radius 3 is 2.67 bits per heavy atom. The van der Waals surface area contributed by atoms with E-state index in [0.717, 1.165) is 44.3 Å². The third-order valence-electron chi connectivity index (χ3n) is 9.65. The van der Waals surface area contributed by atoms with E-state index in [1.165, 1.54) is 64.5 Å². The molecule has 33 heavy (non-hydrogen) atoms. The second-order valence-electron chi connectivity index (χ2n) is 11.9. The van der Waals surface area contributed by atoms with Gasteiger partial charge in [-0.05, 0) is 31.6 Å². The maximum Gasteiger partial charge on any atom is 0.220 e. The zero-order valence-electron chi connectivity index (χ0n) is 20.6. The monoisotopic (exact) mass is 464 g/mol. The average Bonchev–Trinajstić information content (AvgIpc) is 3.50. The molecule has 8 nitrogen and oxygen atoms in total. The van der Waals surface area contributed by atoms with Crippen LogP contribution < -0.4 is 26.7 Å². The normalized spacial score (nSPS) is 43.7. The van der Waals surface area contributed by atoms with E-state index in [1.807, 2.05) is 0 Å². The van der Waals surface area contributed by atoms with Crippen LogP contribution in [0.25, 0.3) is 0 Å². The zero-order valence-corrected chi connectivity index (χ0v) is 20.6. The molecule has 0 spiro atoms. The smallest absolute Gasteiger partial charge is 0.220 e. The maximum atomic E-state index is 11.5. The second kappa shape index (κ2) is 10.9. The molecular weight excluding hydrogens is 416 g/mol. The number of rotatable bonds is 6. The Morgan fingerprint density at radius 2 is 1.91 bits per heavy atom. The molecule has 0 bridgehead atoms. The molecule has 1 saturated carbocycles. The number of piperidine rings is 2. The number of carbonyl (C=O) groups is 1. The summed E-state index contributed by atoms with van der Waals surface area (Å²) in [6.45, 7) is 8.21. The van der Waals surface area contributed by atoms with Crippen molar-refractivity contribution in [1.29, 1.82) is 0 Å². The molecule has 4 saturated heterocycles. The Labute approximate surface area is 199 Å². The largest absolute Gasteiger partial charge is 0.369 e. The molecule has 5 fully saturated rings. The molecule has 0 aromatic heterocycles. The summed E-state index contributed by atoms with van der Waals surface area (Å²) in [5, 5.41) is 6.38. The first kappa shape index (κ1) is 23.9. The fraction of sp³-hybridized carbons (Fsp3) is 0.960. The molecule has 4 heterocycles. The van der Waals surface area contributed by atoms with Crippen LogP contribution in [0.15, 0.2) is 0 Å². The van der Waals surface area contributed by atoms with E-state index in [9.17, 15) is 4.79 Å². The maximum absolute atomic E-state index is 11.5. The Bertz CT molecular complexity index is 649. The van der Waals surface area contributed by atoms with Gasteiger partial charge in [0.1, 0.15) is 12.2 Å². The van der Waals surface area contributed by atoms with E-state index in [-0.39, 0.29) is 24.2 Å². The number of primary amides is 1. The topological polar surface area (TPSA) is 101 Å². The molecule has 4 aliphatic heterocycles. The summed E-state index contributed by atoms with van der Waals surface area (Å²) < 4.78 is 0. The van der Waals surface area contributed by atoms with Crippen molar-refractivity contribution in [3.05, 3.63) is 0 Å². The van der Waals surface area contributed by atoms with Crippen molar-refractivity contribution in [2.24, 2.45) is 29.4 Å². The van der Waals surface area contributed by atoms with Gasteiger partial charge in [-0.1, -0.05) is 19.8 Å². The van der Waals surface area contributed by atoms with Crippen molar-refractivity contribution >= 4 is 5.91 Å². The van der Waals surface area contributed by atoms with Crippen LogP contribution in [0.3, 0.4) is 0 Å². The van der Waals surface area contributed by atoms with Crippen molar-refractivity contribution < 1.29 is 19.8 Å². The summed E-state index contributed by atoms with van der Waals surface area (Å²) in [6.07, 6.45) is 13.4. The first-order valence-corrected chi connectivity index (χ1v) is 14.0. The van der Waals surface area contributed by atoms with Gasteiger partial charge in [0, 0.05) is 56.5 Å². The molecular formula is C25H48N6O2+2. The number of carbonyl (C=O) groups excluding carboxylic acids is 1. The molecule has 188 valence electrons. The summed E-state index contributed by atoms with van der Waals surface area (Å²) in [4.78, 5) is 22.1. The summed E-state index contributed by atoms with van der Waals surface area (Å²) in [5.74, 6) is 2.38. The van der Waals surface area contributed by atoms with E-state index in [0.29, 0.717) is 18.1 Å². The molecule has 6 atom stereocenters. The van der Waals surface area contributed by atoms with Crippen LogP contribution >= 0.6 is 0 Å². The Morgan fingerprint density at radius 1 is 1.12 bits per heavy atom. The van der Waals surface area contributed by atoms with Gasteiger partial charge in [0.15, 0.2) is 6.23 Å². The number of quaternary nitrogens is 2. The van der Waals surface area contributed by atoms with Gasteiger partial charge in [-0.2, -0.15) is 5.48 Å². The molecule has 0 aromatic carbocycles. The van der Waals surface area contributed by atoms with Crippen molar-refractivity contribution in [3.8, 4) is 0 Å². The van der Waals surface area contributed by atoms with E-state index in [1.54, 1.807) is 4.90 Å². The van der Waals surface area contributed by atoms with Gasteiger partial charge in [0.2, 0.25) is 5.91 Å². The van der Waals surface area contributed by atoms with Gasteiger partial charge in [-0.25, -0.2) is 0 Å². The number of amides is 1. The van der Waals surface area contributed by atoms with Gasteiger partial charge >= 0.3 is 0 Å². The minimum atomic E-state index is -0.121. The predicted octanol–water partition coefficient (Wildman–Crippen LogP) is -0.867. The quantitative estimate of drug-likeness (QED) is 0.352. The summed E-state index contributed by atoms with van der Waals surface area (Å²) in [7, 11) is 0. The molecule has 5 rings (SSSR count). The Hall–Kier alpha value is -0.770. The minimum Gasteiger partial charge on any atom is -0.369 e. The van der Waals surface area contributed by atoms with Gasteiger partial charge in [0.05, 0.1) is 25.8 Å². The van der Waals surface area contributed by atoms with Crippen molar-refractivity contribution in [3.63, 3.8) is 0 Å². The highest BCUT2D eigenvalue weighted by atomic mass is 16.7. The van der Waals surface area contributed by atoms with Crippen molar-refractivity contribution in [1.82, 2.24) is 15.7 Å². The van der Waals surface area contributed by atoms with Gasteiger partial charge in [-0.3, -0.25) is 19.8 Å². The van der Waals surface area contributed by atoms with E-state index in [4.69, 9.17) is 10.6 Å². The second-order valence-corrected chi connectivity index (χ2v) is 11.9. The highest BCUT2D eigenvalue weighted by molar-refractivity contribution is 5.76. The van der Waals surface area contributed by atoms with Crippen LogP contribution in [0.2, 0.25) is 0 Å². The van der Waals surface area contributed by atoms with E-state index >= 15 is 0 Å². The summed E-state index contributed by atoms with van der Waals surface area (Å²) in [5.41, 5.74) is 8.94. The first-order chi connectivity index (χ1) is 16.1. The van der Waals surface area contributed by atoms with Crippen molar-refractivity contribution in [2.45, 2.75) is 95.7 Å². The summed E-state index contributed by atoms with van der Waals surface area (Å²) in [6, 6.07) is 0.584. The molecule has 5 aliphatic rings. The standard InChI is InChI=1S/C25H46N6O2/c1-17-4-6-18(7-5-17)16-31-12-2-3-21(31)25-28-24(29-33-25)20-8-11-27-22(15-20)30-13-9-19(10-14-30)23(26)32/h17-22,24-25,27-29H,2-16H2,1H3,(H2,26,32)/p+2/t17?,18?,20?,21-,22?,24?,25?/m0/s1. The minimum absolute atomic E-state index is 0.0711. The fourth-order valence-electron chi connectivity index (χ4n) is 7.43. The fourth-order valence-corrected chi connectivity index (χ4v) is 7.43. The molecule has 8 heteroatoms. The summed E-state index contributed by atoms with van der Waals surface area (Å²) >= 11 is 0. The van der Waals surface area contributed by atoms with Crippen LogP contribution in [-0.2, 0) is 9.63 Å². The highest BCUT2D eigenvalue weighted by Gasteiger charge is 2.45. The van der Waals surface area contributed by atoms with Gasteiger partial charge in [-0.15, -0.1) is 0 Å². The number of nitrogens with two attached hydrogens (primary N) is 2. The molecule has 0 radical (unpaired) electrons. The lowest BCUT2D eigenvalue weighted by Gasteiger charge is -2.39. The van der Waals surface area contributed by atoms with Crippen LogP contribution in [0.1, 0.15) is 71.1 Å². The van der Waals surface area contributed by atoms with Crippen LogP contribution in [-0.4, -0.2) is 68.1 Å². The van der Waals surface area contributed by atoms with Crippen LogP contribution in [0.4, 0.5) is 0 Å². The average molecular weight is 465 g/mol. The molecule has 1 amide bonds. The zero-order chi connectivity index (χ0) is 22.8. The molecule has 7 N–H and O–H groups in total. The lowest BCUT2D eigenvalue weighted by atomic mass is 9.82. The molecule has 1 aliphatic carbocycles. The first-order valence-electron chi connectivity index (χ1n) is 14.0. The number of hydrogen-bond acceptors (Lipinski definition) is 5.